The number of hydrogen-bond donors (Lipinski definition) is 1. The Hall–Kier alpha value is -2.51. The number of nitrogens with zero attached hydrogens (tertiary/aromatic N) is 5. The second-order valence-electron chi connectivity index (χ2n) is 6.89. The Morgan fingerprint density at radius 1 is 1.27 bits per heavy atom. The SMILES string of the molecule is Cc1cc(CN2Cc3ncn(C)c3C[C@@H]2COCc2ccccn2)n[nH]1. The Kier molecular flexibility index (Phi) is 4.81. The first-order valence-electron chi connectivity index (χ1n) is 8.90. The molecule has 1 atom stereocenters. The molecule has 136 valence electrons. The molecule has 4 heterocycles. The van der Waals surface area contributed by atoms with Crippen LogP contribution < -0.4 is 0 Å². The molecule has 3 aromatic rings. The van der Waals surface area contributed by atoms with Gasteiger partial charge in [0, 0.05) is 50.2 Å². The van der Waals surface area contributed by atoms with Crippen molar-refractivity contribution in [2.75, 3.05) is 6.61 Å². The van der Waals surface area contributed by atoms with Gasteiger partial charge in [-0.3, -0.25) is 15.0 Å². The monoisotopic (exact) mass is 352 g/mol. The van der Waals surface area contributed by atoms with E-state index in [4.69, 9.17) is 4.74 Å². The molecule has 0 aliphatic carbocycles. The minimum absolute atomic E-state index is 0.290. The zero-order valence-corrected chi connectivity index (χ0v) is 15.2. The number of nitrogens with one attached hydrogen (secondary N) is 1. The van der Waals surface area contributed by atoms with Crippen LogP contribution in [0.4, 0.5) is 0 Å². The highest BCUT2D eigenvalue weighted by Gasteiger charge is 2.29. The average molecular weight is 352 g/mol. The standard InChI is InChI=1S/C19H24N6O/c1-14-7-16(23-22-14)9-25-10-18-19(24(2)13-21-18)8-17(25)12-26-11-15-5-3-4-6-20-15/h3-7,13,17H,8-12H2,1-2H3,(H,22,23)/t17-/m1/s1. The molecule has 0 saturated heterocycles. The molecule has 4 rings (SSSR count). The summed E-state index contributed by atoms with van der Waals surface area (Å²) in [4.78, 5) is 11.3. The van der Waals surface area contributed by atoms with Gasteiger partial charge in [0.05, 0.1) is 36.6 Å². The fraction of sp³-hybridized carbons (Fsp3) is 0.421. The molecule has 1 aliphatic heterocycles. The Morgan fingerprint density at radius 3 is 2.96 bits per heavy atom. The summed E-state index contributed by atoms with van der Waals surface area (Å²) in [6.45, 7) is 4.82. The van der Waals surface area contributed by atoms with Crippen molar-refractivity contribution in [2.24, 2.45) is 7.05 Å². The van der Waals surface area contributed by atoms with Gasteiger partial charge in [-0.05, 0) is 25.1 Å². The summed E-state index contributed by atoms with van der Waals surface area (Å²) in [5.41, 5.74) is 5.54. The lowest BCUT2D eigenvalue weighted by atomic mass is 10.0. The Bertz CT molecular complexity index is 856. The van der Waals surface area contributed by atoms with Gasteiger partial charge in [-0.15, -0.1) is 0 Å². The summed E-state index contributed by atoms with van der Waals surface area (Å²) in [5.74, 6) is 0. The number of H-pyrrole nitrogens is 1. The van der Waals surface area contributed by atoms with E-state index in [9.17, 15) is 0 Å². The molecule has 0 saturated carbocycles. The van der Waals surface area contributed by atoms with Gasteiger partial charge in [0.15, 0.2) is 0 Å². The number of imidazole rings is 1. The predicted molar refractivity (Wildman–Crippen MR) is 97.2 cm³/mol. The number of ether oxygens (including phenoxy) is 1. The number of fused-ring (bicyclic) bond motifs is 1. The molecule has 0 amide bonds. The first kappa shape index (κ1) is 16.9. The Labute approximate surface area is 153 Å². The van der Waals surface area contributed by atoms with Crippen molar-refractivity contribution in [1.82, 2.24) is 29.6 Å². The zero-order chi connectivity index (χ0) is 17.9. The lowest BCUT2D eigenvalue weighted by Crippen LogP contribution is -2.43. The highest BCUT2D eigenvalue weighted by molar-refractivity contribution is 5.19. The van der Waals surface area contributed by atoms with Crippen LogP contribution in [-0.2, 0) is 37.9 Å². The molecule has 3 aromatic heterocycles. The predicted octanol–water partition coefficient (Wildman–Crippen LogP) is 1.99. The van der Waals surface area contributed by atoms with Crippen LogP contribution in [0.3, 0.4) is 0 Å². The molecule has 0 radical (unpaired) electrons. The van der Waals surface area contributed by atoms with E-state index in [0.29, 0.717) is 19.3 Å². The maximum atomic E-state index is 6.00. The van der Waals surface area contributed by atoms with E-state index in [2.05, 4.69) is 42.7 Å². The maximum absolute atomic E-state index is 6.00. The van der Waals surface area contributed by atoms with Crippen molar-refractivity contribution in [3.63, 3.8) is 0 Å². The zero-order valence-electron chi connectivity index (χ0n) is 15.2. The fourth-order valence-electron chi connectivity index (χ4n) is 3.47. The van der Waals surface area contributed by atoms with E-state index in [0.717, 1.165) is 42.3 Å². The van der Waals surface area contributed by atoms with Crippen LogP contribution in [0.1, 0.15) is 28.5 Å². The molecule has 7 nitrogen and oxygen atoms in total. The van der Waals surface area contributed by atoms with E-state index in [1.54, 1.807) is 6.20 Å². The van der Waals surface area contributed by atoms with Crippen LogP contribution in [0.15, 0.2) is 36.8 Å². The quantitative estimate of drug-likeness (QED) is 0.735. The molecule has 0 fully saturated rings. The fourth-order valence-corrected chi connectivity index (χ4v) is 3.47. The molecule has 1 N–H and O–H groups in total. The number of hydrogen-bond acceptors (Lipinski definition) is 5. The minimum atomic E-state index is 0.290. The topological polar surface area (TPSA) is 71.9 Å². The van der Waals surface area contributed by atoms with Crippen LogP contribution in [0.25, 0.3) is 0 Å². The molecule has 1 aliphatic rings. The van der Waals surface area contributed by atoms with Crippen LogP contribution in [0, 0.1) is 6.92 Å². The van der Waals surface area contributed by atoms with Gasteiger partial charge in [0.1, 0.15) is 0 Å². The molecular formula is C19H24N6O. The maximum Gasteiger partial charge on any atom is 0.0949 e. The molecule has 0 spiro atoms. The summed E-state index contributed by atoms with van der Waals surface area (Å²) < 4.78 is 8.12. The van der Waals surface area contributed by atoms with E-state index in [-0.39, 0.29) is 0 Å². The first-order valence-corrected chi connectivity index (χ1v) is 8.90. The van der Waals surface area contributed by atoms with Gasteiger partial charge >= 0.3 is 0 Å². The van der Waals surface area contributed by atoms with Crippen LogP contribution >= 0.6 is 0 Å². The van der Waals surface area contributed by atoms with Gasteiger partial charge in [-0.2, -0.15) is 5.10 Å². The van der Waals surface area contributed by atoms with Crippen molar-refractivity contribution < 1.29 is 4.74 Å². The molecular weight excluding hydrogens is 328 g/mol. The van der Waals surface area contributed by atoms with E-state index >= 15 is 0 Å². The van der Waals surface area contributed by atoms with Gasteiger partial charge in [0.2, 0.25) is 0 Å². The smallest absolute Gasteiger partial charge is 0.0949 e. The highest BCUT2D eigenvalue weighted by atomic mass is 16.5. The third-order valence-electron chi connectivity index (χ3n) is 4.85. The Morgan fingerprint density at radius 2 is 2.19 bits per heavy atom. The number of aryl methyl sites for hydroxylation is 2. The average Bonchev–Trinajstić information content (AvgIpc) is 3.22. The lowest BCUT2D eigenvalue weighted by molar-refractivity contribution is 0.0343. The molecule has 0 aromatic carbocycles. The third-order valence-corrected chi connectivity index (χ3v) is 4.85. The summed E-state index contributed by atoms with van der Waals surface area (Å²) in [7, 11) is 2.06. The molecule has 0 bridgehead atoms. The summed E-state index contributed by atoms with van der Waals surface area (Å²) in [6, 6.07) is 8.28. The van der Waals surface area contributed by atoms with E-state index in [1.165, 1.54) is 5.69 Å². The van der Waals surface area contributed by atoms with Crippen molar-refractivity contribution >= 4 is 0 Å². The van der Waals surface area contributed by atoms with Crippen molar-refractivity contribution in [2.45, 2.75) is 39.1 Å². The summed E-state index contributed by atoms with van der Waals surface area (Å²) in [6.07, 6.45) is 4.63. The van der Waals surface area contributed by atoms with Crippen LogP contribution in [0.5, 0.6) is 0 Å². The van der Waals surface area contributed by atoms with Gasteiger partial charge < -0.3 is 9.30 Å². The second kappa shape index (κ2) is 7.39. The number of pyridine rings is 1. The molecule has 26 heavy (non-hydrogen) atoms. The lowest BCUT2D eigenvalue weighted by Gasteiger charge is -2.34. The van der Waals surface area contributed by atoms with Crippen LogP contribution in [-0.4, -0.2) is 42.3 Å². The number of aromatic amines is 1. The molecule has 7 heteroatoms. The van der Waals surface area contributed by atoms with E-state index < -0.39 is 0 Å². The van der Waals surface area contributed by atoms with Gasteiger partial charge in [0.25, 0.3) is 0 Å². The van der Waals surface area contributed by atoms with Crippen LogP contribution in [0.2, 0.25) is 0 Å². The normalized spacial score (nSPS) is 17.4. The largest absolute Gasteiger partial charge is 0.374 e. The number of aromatic nitrogens is 5. The highest BCUT2D eigenvalue weighted by Crippen LogP contribution is 2.24. The van der Waals surface area contributed by atoms with E-state index in [1.807, 2.05) is 31.5 Å². The number of rotatable bonds is 6. The second-order valence-corrected chi connectivity index (χ2v) is 6.89. The third kappa shape index (κ3) is 3.68. The van der Waals surface area contributed by atoms with Gasteiger partial charge in [-0.25, -0.2) is 4.98 Å². The minimum Gasteiger partial charge on any atom is -0.374 e. The summed E-state index contributed by atoms with van der Waals surface area (Å²) in [5, 5.41) is 7.42. The van der Waals surface area contributed by atoms with Crippen molar-refractivity contribution in [1.29, 1.82) is 0 Å². The first-order chi connectivity index (χ1) is 12.7. The van der Waals surface area contributed by atoms with Crippen molar-refractivity contribution in [3.05, 3.63) is 65.3 Å². The van der Waals surface area contributed by atoms with Gasteiger partial charge in [-0.1, -0.05) is 6.07 Å². The Balaban J connectivity index is 1.46. The summed E-state index contributed by atoms with van der Waals surface area (Å²) >= 11 is 0. The molecule has 0 unspecified atom stereocenters. The van der Waals surface area contributed by atoms with Crippen molar-refractivity contribution in [3.8, 4) is 0 Å².